The Hall–Kier alpha value is -2.82. The molecule has 5 nitrogen and oxygen atoms in total. The normalized spacial score (nSPS) is 19.4. The fourth-order valence-electron chi connectivity index (χ4n) is 3.97. The van der Waals surface area contributed by atoms with E-state index < -0.39 is 6.04 Å². The number of ketones is 1. The molecule has 1 atom stereocenters. The Morgan fingerprint density at radius 2 is 2.04 bits per heavy atom. The lowest BCUT2D eigenvalue weighted by Crippen LogP contribution is -2.38. The zero-order valence-electron chi connectivity index (χ0n) is 15.7. The monoisotopic (exact) mass is 364 g/mol. The summed E-state index contributed by atoms with van der Waals surface area (Å²) in [5, 5.41) is 3.45. The van der Waals surface area contributed by atoms with E-state index in [1.54, 1.807) is 17.2 Å². The van der Waals surface area contributed by atoms with Crippen LogP contribution in [0, 0.1) is 5.92 Å². The van der Waals surface area contributed by atoms with Gasteiger partial charge >= 0.3 is 0 Å². The third-order valence-electron chi connectivity index (χ3n) is 5.10. The number of benzene rings is 1. The summed E-state index contributed by atoms with van der Waals surface area (Å²) >= 11 is 0. The number of nitrogens with zero attached hydrogens (tertiary/aromatic N) is 1. The first-order valence-corrected chi connectivity index (χ1v) is 9.54. The molecular weight excluding hydrogens is 340 g/mol. The van der Waals surface area contributed by atoms with Crippen LogP contribution in [0.2, 0.25) is 0 Å². The molecule has 1 aliphatic carbocycles. The molecule has 140 valence electrons. The number of furan rings is 1. The Morgan fingerprint density at radius 3 is 2.78 bits per heavy atom. The molecule has 0 spiro atoms. The fraction of sp³-hybridized carbons (Fsp3) is 0.364. The Kier molecular flexibility index (Phi) is 4.60. The molecular formula is C22H24N2O3. The number of para-hydroxylation sites is 2. The Bertz CT molecular complexity index is 896. The van der Waals surface area contributed by atoms with Crippen molar-refractivity contribution >= 4 is 23.1 Å². The number of hydrogen-bond acceptors (Lipinski definition) is 4. The lowest BCUT2D eigenvalue weighted by molar-refractivity contribution is -0.119. The minimum atomic E-state index is -0.537. The molecule has 1 amide bonds. The summed E-state index contributed by atoms with van der Waals surface area (Å²) in [7, 11) is 0. The fourth-order valence-corrected chi connectivity index (χ4v) is 3.97. The highest BCUT2D eigenvalue weighted by Gasteiger charge is 2.40. The van der Waals surface area contributed by atoms with Gasteiger partial charge < -0.3 is 9.73 Å². The zero-order valence-corrected chi connectivity index (χ0v) is 15.7. The molecule has 0 radical (unpaired) electrons. The van der Waals surface area contributed by atoms with Crippen LogP contribution >= 0.6 is 0 Å². The van der Waals surface area contributed by atoms with Gasteiger partial charge in [-0.3, -0.25) is 14.5 Å². The van der Waals surface area contributed by atoms with Crippen LogP contribution in [-0.2, 0) is 9.59 Å². The van der Waals surface area contributed by atoms with Crippen LogP contribution in [0.15, 0.2) is 58.3 Å². The number of Topliss-reactive ketones (excluding diaryl/α,β-unsaturated/α-hetero) is 1. The van der Waals surface area contributed by atoms with Crippen molar-refractivity contribution < 1.29 is 14.0 Å². The van der Waals surface area contributed by atoms with Crippen LogP contribution in [-0.4, -0.2) is 11.7 Å². The maximum absolute atomic E-state index is 13.3. The van der Waals surface area contributed by atoms with Gasteiger partial charge in [0, 0.05) is 24.1 Å². The van der Waals surface area contributed by atoms with Gasteiger partial charge in [-0.1, -0.05) is 26.0 Å². The highest BCUT2D eigenvalue weighted by molar-refractivity contribution is 6.05. The third kappa shape index (κ3) is 3.18. The Balaban J connectivity index is 1.95. The lowest BCUT2D eigenvalue weighted by atomic mass is 9.88. The minimum Gasteiger partial charge on any atom is -0.467 e. The predicted octanol–water partition coefficient (Wildman–Crippen LogP) is 4.83. The Morgan fingerprint density at radius 1 is 1.22 bits per heavy atom. The van der Waals surface area contributed by atoms with Crippen LogP contribution in [0.4, 0.5) is 11.4 Å². The van der Waals surface area contributed by atoms with Gasteiger partial charge in [-0.2, -0.15) is 0 Å². The van der Waals surface area contributed by atoms with Crippen molar-refractivity contribution in [2.45, 2.75) is 45.6 Å². The number of rotatable bonds is 3. The highest BCUT2D eigenvalue weighted by Crippen LogP contribution is 2.45. The van der Waals surface area contributed by atoms with Crippen LogP contribution in [0.3, 0.4) is 0 Å². The van der Waals surface area contributed by atoms with E-state index in [2.05, 4.69) is 5.32 Å². The van der Waals surface area contributed by atoms with E-state index in [1.807, 2.05) is 44.2 Å². The first kappa shape index (κ1) is 17.6. The number of nitrogens with one attached hydrogen (secondary N) is 1. The molecule has 0 saturated carbocycles. The van der Waals surface area contributed by atoms with Crippen molar-refractivity contribution in [1.29, 1.82) is 0 Å². The van der Waals surface area contributed by atoms with Crippen molar-refractivity contribution in [1.82, 2.24) is 0 Å². The number of carbonyl (C=O) groups excluding carboxylic acids is 2. The van der Waals surface area contributed by atoms with E-state index in [-0.39, 0.29) is 17.6 Å². The average Bonchev–Trinajstić information content (AvgIpc) is 3.10. The number of hydrogen-bond donors (Lipinski definition) is 1. The quantitative estimate of drug-likeness (QED) is 0.847. The van der Waals surface area contributed by atoms with Gasteiger partial charge in [-0.15, -0.1) is 0 Å². The smallest absolute Gasteiger partial charge is 0.228 e. The standard InChI is InChI=1S/C22H24N2O3/c1-14(2)13-20(26)24-17-9-4-3-7-15(17)23-16-8-5-10-18(25)21(16)22(24)19-11-6-12-27-19/h3-4,6-7,9,11-12,14,22-23H,5,8,10,13H2,1-2H3/t22-/m1/s1. The van der Waals surface area contributed by atoms with E-state index in [0.717, 1.165) is 29.9 Å². The summed E-state index contributed by atoms with van der Waals surface area (Å²) in [6.07, 6.45) is 4.11. The second kappa shape index (κ2) is 7.06. The van der Waals surface area contributed by atoms with Gasteiger partial charge in [0.1, 0.15) is 11.8 Å². The number of amides is 1. The van der Waals surface area contributed by atoms with Gasteiger partial charge in [0.05, 0.1) is 17.6 Å². The summed E-state index contributed by atoms with van der Waals surface area (Å²) in [6.45, 7) is 4.05. The van der Waals surface area contributed by atoms with Gasteiger partial charge in [0.2, 0.25) is 5.91 Å². The van der Waals surface area contributed by atoms with E-state index in [9.17, 15) is 9.59 Å². The first-order valence-electron chi connectivity index (χ1n) is 9.54. The molecule has 1 aromatic heterocycles. The molecule has 0 unspecified atom stereocenters. The number of fused-ring (bicyclic) bond motifs is 1. The van der Waals surface area contributed by atoms with Crippen molar-refractivity contribution in [3.05, 3.63) is 59.7 Å². The third-order valence-corrected chi connectivity index (χ3v) is 5.10. The van der Waals surface area contributed by atoms with Crippen LogP contribution in [0.5, 0.6) is 0 Å². The summed E-state index contributed by atoms with van der Waals surface area (Å²) in [6, 6.07) is 10.9. The second-order valence-electron chi connectivity index (χ2n) is 7.59. The largest absolute Gasteiger partial charge is 0.467 e. The molecule has 0 fully saturated rings. The predicted molar refractivity (Wildman–Crippen MR) is 104 cm³/mol. The van der Waals surface area contributed by atoms with E-state index in [4.69, 9.17) is 4.42 Å². The lowest BCUT2D eigenvalue weighted by Gasteiger charge is -2.32. The second-order valence-corrected chi connectivity index (χ2v) is 7.59. The topological polar surface area (TPSA) is 62.6 Å². The molecule has 0 bridgehead atoms. The van der Waals surface area contributed by atoms with Gasteiger partial charge in [0.15, 0.2) is 5.78 Å². The maximum Gasteiger partial charge on any atom is 0.228 e. The molecule has 2 heterocycles. The Labute approximate surface area is 159 Å². The average molecular weight is 364 g/mol. The molecule has 1 aliphatic heterocycles. The van der Waals surface area contributed by atoms with Crippen molar-refractivity contribution in [2.75, 3.05) is 10.2 Å². The number of anilines is 2. The molecule has 0 saturated heterocycles. The van der Waals surface area contributed by atoms with E-state index >= 15 is 0 Å². The van der Waals surface area contributed by atoms with Gasteiger partial charge in [0.25, 0.3) is 0 Å². The molecule has 2 aliphatic rings. The molecule has 1 N–H and O–H groups in total. The van der Waals surface area contributed by atoms with E-state index in [0.29, 0.717) is 24.2 Å². The molecule has 4 rings (SSSR count). The molecule has 1 aromatic carbocycles. The van der Waals surface area contributed by atoms with Crippen LogP contribution in [0.25, 0.3) is 0 Å². The zero-order chi connectivity index (χ0) is 19.0. The summed E-state index contributed by atoms with van der Waals surface area (Å²) in [5.41, 5.74) is 3.20. The molecule has 27 heavy (non-hydrogen) atoms. The maximum atomic E-state index is 13.3. The van der Waals surface area contributed by atoms with Crippen molar-refractivity contribution in [3.8, 4) is 0 Å². The van der Waals surface area contributed by atoms with Gasteiger partial charge in [-0.05, 0) is 43.0 Å². The van der Waals surface area contributed by atoms with Gasteiger partial charge in [-0.25, -0.2) is 0 Å². The highest BCUT2D eigenvalue weighted by atomic mass is 16.3. The molecule has 2 aromatic rings. The van der Waals surface area contributed by atoms with Crippen LogP contribution < -0.4 is 10.2 Å². The van der Waals surface area contributed by atoms with E-state index in [1.165, 1.54) is 0 Å². The number of carbonyl (C=O) groups is 2. The summed E-state index contributed by atoms with van der Waals surface area (Å²) in [4.78, 5) is 28.0. The number of allylic oxidation sites excluding steroid dienone is 1. The minimum absolute atomic E-state index is 0.00669. The van der Waals surface area contributed by atoms with Crippen molar-refractivity contribution in [2.24, 2.45) is 5.92 Å². The SMILES string of the molecule is CC(C)CC(=O)N1c2ccccc2NC2=C(C(=O)CCC2)[C@H]1c1ccco1. The first-order chi connectivity index (χ1) is 13.1. The van der Waals surface area contributed by atoms with Crippen LogP contribution in [0.1, 0.15) is 51.3 Å². The summed E-state index contributed by atoms with van der Waals surface area (Å²) < 4.78 is 5.72. The molecule has 5 heteroatoms. The van der Waals surface area contributed by atoms with Crippen molar-refractivity contribution in [3.63, 3.8) is 0 Å². The summed E-state index contributed by atoms with van der Waals surface area (Å²) in [5.74, 6) is 0.912.